The van der Waals surface area contributed by atoms with Gasteiger partial charge in [0.05, 0.1) is 0 Å². The summed E-state index contributed by atoms with van der Waals surface area (Å²) < 4.78 is 0. The van der Waals surface area contributed by atoms with Crippen LogP contribution in [0.5, 0.6) is 17.2 Å². The predicted octanol–water partition coefficient (Wildman–Crippen LogP) is 15.3. The van der Waals surface area contributed by atoms with Gasteiger partial charge in [-0.1, -0.05) is 199 Å². The molecule has 0 unspecified atom stereocenters. The quantitative estimate of drug-likeness (QED) is 0.158. The Bertz CT molecular complexity index is 1920. The molecule has 3 N–H and O–H groups in total. The highest BCUT2D eigenvalue weighted by atomic mass is 16.3. The van der Waals surface area contributed by atoms with Gasteiger partial charge in [-0.3, -0.25) is 0 Å². The van der Waals surface area contributed by atoms with Gasteiger partial charge in [0.2, 0.25) is 0 Å². The van der Waals surface area contributed by atoms with E-state index in [0.29, 0.717) is 36.5 Å². The van der Waals surface area contributed by atoms with Crippen molar-refractivity contribution in [2.75, 3.05) is 0 Å². The van der Waals surface area contributed by atoms with Crippen LogP contribution >= 0.6 is 0 Å². The first-order chi connectivity index (χ1) is 27.2. The average molecular weight is 811 g/mol. The largest absolute Gasteiger partial charge is 0.507 e. The molecule has 0 aliphatic heterocycles. The van der Waals surface area contributed by atoms with E-state index in [1.165, 1.54) is 0 Å². The van der Waals surface area contributed by atoms with Gasteiger partial charge in [0.1, 0.15) is 17.2 Å². The van der Waals surface area contributed by atoms with Gasteiger partial charge in [-0.15, -0.1) is 0 Å². The van der Waals surface area contributed by atoms with Crippen molar-refractivity contribution in [1.29, 1.82) is 0 Å². The van der Waals surface area contributed by atoms with E-state index < -0.39 is 0 Å². The summed E-state index contributed by atoms with van der Waals surface area (Å²) in [7, 11) is 0. The Morgan fingerprint density at radius 3 is 0.600 bits per heavy atom. The molecule has 0 radical (unpaired) electrons. The SMILES string of the molecule is C=Cc1c(Cc2cc(C(C)(C)C)c(O)c(C(C)(C)C)c2)c(C=C)c(Cc2cc(C(C)(C)C)c(O)c(C(C)(C)C)c2)c(C=C)c1Cc1cc(C(C)(C)C)c(O)c(C(C)(C)C)c1. The predicted molar refractivity (Wildman–Crippen MR) is 262 cm³/mol. The average Bonchev–Trinajstić information content (AvgIpc) is 3.07. The lowest BCUT2D eigenvalue weighted by atomic mass is 9.75. The maximum Gasteiger partial charge on any atom is 0.123 e. The molecule has 4 aromatic carbocycles. The second-order valence-electron chi connectivity index (χ2n) is 23.4. The Morgan fingerprint density at radius 1 is 0.333 bits per heavy atom. The highest BCUT2D eigenvalue weighted by molar-refractivity contribution is 5.77. The van der Waals surface area contributed by atoms with Crippen LogP contribution in [-0.4, -0.2) is 15.3 Å². The molecule has 0 saturated heterocycles. The smallest absolute Gasteiger partial charge is 0.123 e. The third kappa shape index (κ3) is 9.99. The molecule has 4 aromatic rings. The molecule has 0 saturated carbocycles. The summed E-state index contributed by atoms with van der Waals surface area (Å²) in [4.78, 5) is 0. The number of benzene rings is 4. The molecule has 3 nitrogen and oxygen atoms in total. The first-order valence-electron chi connectivity index (χ1n) is 21.8. The van der Waals surface area contributed by atoms with E-state index in [1.807, 2.05) is 18.2 Å². The zero-order chi connectivity index (χ0) is 45.9. The fraction of sp³-hybridized carbons (Fsp3) is 0.474. The minimum absolute atomic E-state index is 0.283. The molecule has 0 aliphatic carbocycles. The monoisotopic (exact) mass is 811 g/mol. The summed E-state index contributed by atoms with van der Waals surface area (Å²) in [5.74, 6) is 1.09. The molecule has 4 rings (SSSR count). The van der Waals surface area contributed by atoms with E-state index in [2.05, 4.69) is 181 Å². The Morgan fingerprint density at radius 2 is 0.483 bits per heavy atom. The van der Waals surface area contributed by atoms with Crippen LogP contribution in [-0.2, 0) is 51.8 Å². The van der Waals surface area contributed by atoms with Gasteiger partial charge in [-0.05, 0) is 135 Å². The number of hydrogen-bond donors (Lipinski definition) is 3. The minimum Gasteiger partial charge on any atom is -0.507 e. The third-order valence-corrected chi connectivity index (χ3v) is 12.1. The van der Waals surface area contributed by atoms with E-state index in [9.17, 15) is 15.3 Å². The van der Waals surface area contributed by atoms with E-state index in [1.54, 1.807) is 0 Å². The molecule has 3 heteroatoms. The second-order valence-corrected chi connectivity index (χ2v) is 23.4. The Labute approximate surface area is 365 Å². The van der Waals surface area contributed by atoms with E-state index in [4.69, 9.17) is 0 Å². The first-order valence-corrected chi connectivity index (χ1v) is 21.8. The van der Waals surface area contributed by atoms with E-state index >= 15 is 0 Å². The fourth-order valence-electron chi connectivity index (χ4n) is 8.72. The lowest BCUT2D eigenvalue weighted by Crippen LogP contribution is -2.19. The lowest BCUT2D eigenvalue weighted by molar-refractivity contribution is 0.422. The van der Waals surface area contributed by atoms with Crippen molar-refractivity contribution >= 4 is 18.2 Å². The number of phenolic OH excluding ortho intramolecular Hbond substituents is 3. The van der Waals surface area contributed by atoms with Gasteiger partial charge in [-0.25, -0.2) is 0 Å². The summed E-state index contributed by atoms with van der Waals surface area (Å²) in [6, 6.07) is 13.1. The third-order valence-electron chi connectivity index (χ3n) is 12.1. The van der Waals surface area contributed by atoms with Gasteiger partial charge in [0.15, 0.2) is 0 Å². The molecular weight excluding hydrogens is 733 g/mol. The maximum absolute atomic E-state index is 11.7. The van der Waals surface area contributed by atoms with Crippen molar-refractivity contribution in [2.24, 2.45) is 0 Å². The van der Waals surface area contributed by atoms with E-state index in [-0.39, 0.29) is 32.5 Å². The summed E-state index contributed by atoms with van der Waals surface area (Å²) in [6.07, 6.45) is 7.78. The van der Waals surface area contributed by atoms with E-state index in [0.717, 1.165) is 83.5 Å². The van der Waals surface area contributed by atoms with Gasteiger partial charge in [0.25, 0.3) is 0 Å². The number of rotatable bonds is 9. The molecule has 60 heavy (non-hydrogen) atoms. The number of hydrogen-bond acceptors (Lipinski definition) is 3. The minimum atomic E-state index is -0.283. The van der Waals surface area contributed by atoms with Crippen molar-refractivity contribution < 1.29 is 15.3 Å². The zero-order valence-electron chi connectivity index (χ0n) is 40.8. The van der Waals surface area contributed by atoms with Gasteiger partial charge >= 0.3 is 0 Å². The van der Waals surface area contributed by atoms with Crippen LogP contribution in [0.3, 0.4) is 0 Å². The van der Waals surface area contributed by atoms with Gasteiger partial charge < -0.3 is 15.3 Å². The molecule has 0 heterocycles. The van der Waals surface area contributed by atoms with Crippen LogP contribution < -0.4 is 0 Å². The number of aromatic hydroxyl groups is 3. The molecule has 0 aliphatic rings. The molecule has 0 spiro atoms. The molecule has 324 valence electrons. The highest BCUT2D eigenvalue weighted by Crippen LogP contribution is 2.45. The topological polar surface area (TPSA) is 60.7 Å². The lowest BCUT2D eigenvalue weighted by Gasteiger charge is -2.30. The first kappa shape index (κ1) is 48.2. The fourth-order valence-corrected chi connectivity index (χ4v) is 8.72. The van der Waals surface area contributed by atoms with Crippen LogP contribution in [0.1, 0.15) is 208 Å². The van der Waals surface area contributed by atoms with Crippen molar-refractivity contribution in [3.05, 3.63) is 140 Å². The molecule has 0 fully saturated rings. The normalized spacial score (nSPS) is 13.1. The summed E-state index contributed by atoms with van der Waals surface area (Å²) >= 11 is 0. The van der Waals surface area contributed by atoms with Gasteiger partial charge in [-0.2, -0.15) is 0 Å². The van der Waals surface area contributed by atoms with Crippen LogP contribution in [0.2, 0.25) is 0 Å². The second kappa shape index (κ2) is 16.4. The Kier molecular flexibility index (Phi) is 13.2. The van der Waals surface area contributed by atoms with Crippen LogP contribution in [0.25, 0.3) is 18.2 Å². The standard InChI is InChI=1S/C57H78O3/c1-22-37-40(25-34-28-43(52(4,5)6)49(58)44(29-34)53(7,8)9)38(23-2)42(27-36-32-47(56(16,17)18)51(60)48(33-36)57(19,20)21)39(24-3)41(37)26-35-30-45(54(10,11)12)50(59)46(31-35)55(13,14)15/h22-24,28-33,58-60H,1-3,25-27H2,4-21H3. The van der Waals surface area contributed by atoms with Crippen molar-refractivity contribution in [2.45, 2.75) is 176 Å². The van der Waals surface area contributed by atoms with Crippen LogP contribution in [0.15, 0.2) is 56.1 Å². The molecule has 0 bridgehead atoms. The van der Waals surface area contributed by atoms with Gasteiger partial charge in [0, 0.05) is 0 Å². The van der Waals surface area contributed by atoms with Crippen molar-refractivity contribution in [3.8, 4) is 17.2 Å². The van der Waals surface area contributed by atoms with Crippen molar-refractivity contribution in [3.63, 3.8) is 0 Å². The maximum atomic E-state index is 11.7. The number of phenols is 3. The van der Waals surface area contributed by atoms with Crippen LogP contribution in [0.4, 0.5) is 0 Å². The molecule has 0 amide bonds. The zero-order valence-corrected chi connectivity index (χ0v) is 40.8. The van der Waals surface area contributed by atoms with Crippen LogP contribution in [0, 0.1) is 0 Å². The van der Waals surface area contributed by atoms with Crippen molar-refractivity contribution in [1.82, 2.24) is 0 Å². The molecular formula is C57H78O3. The Balaban J connectivity index is 2.22. The molecule has 0 atom stereocenters. The molecule has 0 aromatic heterocycles. The highest BCUT2D eigenvalue weighted by Gasteiger charge is 2.31. The summed E-state index contributed by atoms with van der Waals surface area (Å²) in [6.45, 7) is 52.2. The Hall–Kier alpha value is -4.50. The summed E-state index contributed by atoms with van der Waals surface area (Å²) in [5, 5.41) is 35.1. The summed E-state index contributed by atoms with van der Waals surface area (Å²) in [5.41, 5.74) is 13.7.